The van der Waals surface area contributed by atoms with Crippen molar-refractivity contribution >= 4 is 0 Å². The van der Waals surface area contributed by atoms with E-state index in [1.54, 1.807) is 0 Å². The Kier molecular flexibility index (Phi) is 3.75. The van der Waals surface area contributed by atoms with Gasteiger partial charge in [0.05, 0.1) is 18.2 Å². The van der Waals surface area contributed by atoms with Gasteiger partial charge in [-0.15, -0.1) is 0 Å². The topological polar surface area (TPSA) is 89.2 Å². The fourth-order valence-corrected chi connectivity index (χ4v) is 1.98. The monoisotopic (exact) mass is 199 g/mol. The second-order valence-electron chi connectivity index (χ2n) is 4.31. The number of aliphatic hydroxyl groups is 2. The molecule has 0 heterocycles. The van der Waals surface area contributed by atoms with E-state index in [0.29, 0.717) is 24.7 Å². The normalized spacial score (nSPS) is 38.1. The summed E-state index contributed by atoms with van der Waals surface area (Å²) in [5, 5.41) is 22.6. The highest BCUT2D eigenvalue weighted by Gasteiger charge is 2.36. The molecule has 0 radical (unpaired) electrons. The van der Waals surface area contributed by atoms with Crippen molar-refractivity contribution in [3.8, 4) is 0 Å². The molecule has 1 fully saturated rings. The maximum Gasteiger partial charge on any atom is 0.0883 e. The van der Waals surface area contributed by atoms with Crippen LogP contribution in [0.1, 0.15) is 26.7 Å². The smallest absolute Gasteiger partial charge is 0.0883 e. The van der Waals surface area contributed by atoms with E-state index in [4.69, 9.17) is 5.53 Å². The van der Waals surface area contributed by atoms with Crippen molar-refractivity contribution in [2.24, 2.45) is 17.0 Å². The summed E-state index contributed by atoms with van der Waals surface area (Å²) in [4.78, 5) is 2.69. The minimum atomic E-state index is -0.902. The van der Waals surface area contributed by atoms with Crippen LogP contribution in [-0.2, 0) is 0 Å². The molecule has 1 aliphatic rings. The Bertz CT molecular complexity index is 238. The van der Waals surface area contributed by atoms with Gasteiger partial charge < -0.3 is 10.2 Å². The van der Waals surface area contributed by atoms with Gasteiger partial charge in [-0.1, -0.05) is 19.0 Å². The first-order valence-corrected chi connectivity index (χ1v) is 4.96. The summed E-state index contributed by atoms with van der Waals surface area (Å²) >= 11 is 0. The summed E-state index contributed by atoms with van der Waals surface area (Å²) in [5.74, 6) is 0.762. The molecule has 0 unspecified atom stereocenters. The van der Waals surface area contributed by atoms with Gasteiger partial charge in [-0.3, -0.25) is 0 Å². The molecule has 2 N–H and O–H groups in total. The highest BCUT2D eigenvalue weighted by molar-refractivity contribution is 4.91. The molecular weight excluding hydrogens is 182 g/mol. The molecule has 80 valence electrons. The van der Waals surface area contributed by atoms with Crippen molar-refractivity contribution in [2.45, 2.75) is 44.9 Å². The van der Waals surface area contributed by atoms with E-state index in [0.717, 1.165) is 0 Å². The summed E-state index contributed by atoms with van der Waals surface area (Å²) in [7, 11) is 0. The third-order valence-corrected chi connectivity index (χ3v) is 3.02. The summed E-state index contributed by atoms with van der Waals surface area (Å²) in [6.45, 7) is 4.14. The Morgan fingerprint density at radius 2 is 2.00 bits per heavy atom. The van der Waals surface area contributed by atoms with Crippen molar-refractivity contribution < 1.29 is 10.2 Å². The first-order chi connectivity index (χ1) is 6.56. The van der Waals surface area contributed by atoms with Crippen LogP contribution in [0.5, 0.6) is 0 Å². The summed E-state index contributed by atoms with van der Waals surface area (Å²) in [5.41, 5.74) is 8.31. The largest absolute Gasteiger partial charge is 0.390 e. The molecule has 0 bridgehead atoms. The molecule has 4 atom stereocenters. The molecule has 0 saturated heterocycles. The Hall–Kier alpha value is -0.770. The van der Waals surface area contributed by atoms with Crippen molar-refractivity contribution in [1.82, 2.24) is 0 Å². The maximum absolute atomic E-state index is 9.56. The standard InChI is InChI=1S/C9H17N3O2/c1-5(2)6-3-7(11-12-10)9(14)8(13)4-6/h5-9,13-14H,3-4H2,1-2H3/t6-,7-,8-,9+/m1/s1. The number of aliphatic hydroxyl groups excluding tert-OH is 2. The minimum Gasteiger partial charge on any atom is -0.390 e. The Labute approximate surface area is 83.4 Å². The third-order valence-electron chi connectivity index (χ3n) is 3.02. The van der Waals surface area contributed by atoms with Crippen LogP contribution in [0.3, 0.4) is 0 Å². The average Bonchev–Trinajstić information content (AvgIpc) is 2.12. The number of hydrogen-bond donors (Lipinski definition) is 2. The summed E-state index contributed by atoms with van der Waals surface area (Å²) < 4.78 is 0. The Morgan fingerprint density at radius 3 is 2.50 bits per heavy atom. The number of rotatable bonds is 2. The quantitative estimate of drug-likeness (QED) is 0.400. The molecule has 0 aromatic heterocycles. The molecule has 0 spiro atoms. The average molecular weight is 199 g/mol. The predicted molar refractivity (Wildman–Crippen MR) is 52.5 cm³/mol. The maximum atomic E-state index is 9.56. The van der Waals surface area contributed by atoms with Crippen LogP contribution in [0.2, 0.25) is 0 Å². The lowest BCUT2D eigenvalue weighted by molar-refractivity contribution is -0.0439. The molecule has 1 saturated carbocycles. The predicted octanol–water partition coefficient (Wildman–Crippen LogP) is 1.45. The van der Waals surface area contributed by atoms with Gasteiger partial charge in [0.2, 0.25) is 0 Å². The molecule has 0 aromatic carbocycles. The SMILES string of the molecule is CC(C)[C@H]1C[C@@H](O)[C@@H](O)[C@H](N=[N+]=[N-])C1. The fraction of sp³-hybridized carbons (Fsp3) is 1.00. The zero-order valence-corrected chi connectivity index (χ0v) is 8.54. The molecule has 1 rings (SSSR count). The van der Waals surface area contributed by atoms with Gasteiger partial charge in [0, 0.05) is 4.91 Å². The Morgan fingerprint density at radius 1 is 1.36 bits per heavy atom. The van der Waals surface area contributed by atoms with E-state index in [-0.39, 0.29) is 0 Å². The van der Waals surface area contributed by atoms with Gasteiger partial charge >= 0.3 is 0 Å². The minimum absolute atomic E-state index is 0.323. The van der Waals surface area contributed by atoms with E-state index in [1.165, 1.54) is 0 Å². The second kappa shape index (κ2) is 4.64. The van der Waals surface area contributed by atoms with Crippen LogP contribution in [0.25, 0.3) is 10.4 Å². The fourth-order valence-electron chi connectivity index (χ4n) is 1.98. The molecule has 0 amide bonds. The molecule has 5 nitrogen and oxygen atoms in total. The van der Waals surface area contributed by atoms with Crippen LogP contribution >= 0.6 is 0 Å². The lowest BCUT2D eigenvalue weighted by Gasteiger charge is -2.36. The van der Waals surface area contributed by atoms with Crippen LogP contribution in [0.15, 0.2) is 5.11 Å². The summed E-state index contributed by atoms with van der Waals surface area (Å²) in [6.07, 6.45) is -0.400. The first kappa shape index (κ1) is 11.3. The number of nitrogens with zero attached hydrogens (tertiary/aromatic N) is 3. The van der Waals surface area contributed by atoms with Crippen molar-refractivity contribution in [3.05, 3.63) is 10.4 Å². The van der Waals surface area contributed by atoms with Crippen LogP contribution in [-0.4, -0.2) is 28.5 Å². The van der Waals surface area contributed by atoms with E-state index in [9.17, 15) is 10.2 Å². The van der Waals surface area contributed by atoms with Crippen molar-refractivity contribution in [2.75, 3.05) is 0 Å². The zero-order chi connectivity index (χ0) is 10.7. The van der Waals surface area contributed by atoms with Crippen LogP contribution in [0.4, 0.5) is 0 Å². The van der Waals surface area contributed by atoms with Crippen LogP contribution < -0.4 is 0 Å². The molecule has 5 heteroatoms. The molecule has 0 aromatic rings. The van der Waals surface area contributed by atoms with Gasteiger partial charge in [0.1, 0.15) is 0 Å². The van der Waals surface area contributed by atoms with Gasteiger partial charge in [0.15, 0.2) is 0 Å². The second-order valence-corrected chi connectivity index (χ2v) is 4.31. The van der Waals surface area contributed by atoms with Gasteiger partial charge in [-0.05, 0) is 30.2 Å². The van der Waals surface area contributed by atoms with Crippen LogP contribution in [0, 0.1) is 11.8 Å². The number of hydrogen-bond acceptors (Lipinski definition) is 3. The van der Waals surface area contributed by atoms with Gasteiger partial charge in [0.25, 0.3) is 0 Å². The van der Waals surface area contributed by atoms with Crippen molar-refractivity contribution in [1.29, 1.82) is 0 Å². The lowest BCUT2D eigenvalue weighted by Crippen LogP contribution is -2.44. The van der Waals surface area contributed by atoms with E-state index < -0.39 is 18.2 Å². The van der Waals surface area contributed by atoms with E-state index >= 15 is 0 Å². The van der Waals surface area contributed by atoms with Crippen molar-refractivity contribution in [3.63, 3.8) is 0 Å². The number of azide groups is 1. The molecule has 0 aliphatic heterocycles. The molecule has 14 heavy (non-hydrogen) atoms. The van der Waals surface area contributed by atoms with E-state index in [1.807, 2.05) is 0 Å². The van der Waals surface area contributed by atoms with Gasteiger partial charge in [-0.2, -0.15) is 0 Å². The molecule has 1 aliphatic carbocycles. The first-order valence-electron chi connectivity index (χ1n) is 4.96. The Balaban J connectivity index is 2.70. The zero-order valence-electron chi connectivity index (χ0n) is 8.54. The highest BCUT2D eigenvalue weighted by atomic mass is 16.3. The van der Waals surface area contributed by atoms with Gasteiger partial charge in [-0.25, -0.2) is 0 Å². The van der Waals surface area contributed by atoms with E-state index in [2.05, 4.69) is 23.9 Å². The third kappa shape index (κ3) is 2.38. The lowest BCUT2D eigenvalue weighted by atomic mass is 9.77. The highest BCUT2D eigenvalue weighted by Crippen LogP contribution is 2.32. The molecular formula is C9H17N3O2. The summed E-state index contributed by atoms with van der Waals surface area (Å²) in [6, 6.07) is -0.476.